The highest BCUT2D eigenvalue weighted by atomic mass is 15.2. The molecule has 12 aromatic carbocycles. The number of hydrogen-bond donors (Lipinski definition) is 0. The zero-order valence-electron chi connectivity index (χ0n) is 39.0. The fraction of sp³-hybridized carbons (Fsp3) is 0.0145. The molecule has 2 nitrogen and oxygen atoms in total. The molecule has 1 spiro atoms. The first-order chi connectivity index (χ1) is 35.3. The minimum Gasteiger partial charge on any atom is -0.311 e. The van der Waals surface area contributed by atoms with Crippen molar-refractivity contribution in [2.75, 3.05) is 9.80 Å². The maximum Gasteiger partial charge on any atom is 0.0726 e. The lowest BCUT2D eigenvalue weighted by Gasteiger charge is -2.32. The number of rotatable bonds is 8. The second-order valence-electron chi connectivity index (χ2n) is 18.7. The van der Waals surface area contributed by atoms with Crippen LogP contribution in [0.2, 0.25) is 0 Å². The molecular weight excluding hydrogens is 857 g/mol. The Labute approximate surface area is 414 Å². The van der Waals surface area contributed by atoms with E-state index in [2.05, 4.69) is 289 Å². The van der Waals surface area contributed by atoms with Crippen molar-refractivity contribution in [3.05, 3.63) is 301 Å². The highest BCUT2D eigenvalue weighted by Crippen LogP contribution is 2.63. The van der Waals surface area contributed by atoms with Crippen molar-refractivity contribution in [2.45, 2.75) is 5.41 Å². The summed E-state index contributed by atoms with van der Waals surface area (Å²) < 4.78 is 0. The molecule has 71 heavy (non-hydrogen) atoms. The summed E-state index contributed by atoms with van der Waals surface area (Å²) in [6.45, 7) is 0. The van der Waals surface area contributed by atoms with Crippen LogP contribution >= 0.6 is 0 Å². The summed E-state index contributed by atoms with van der Waals surface area (Å²) in [4.78, 5) is 4.77. The van der Waals surface area contributed by atoms with Gasteiger partial charge in [-0.2, -0.15) is 0 Å². The Morgan fingerprint density at radius 3 is 0.944 bits per heavy atom. The smallest absolute Gasteiger partial charge is 0.0726 e. The predicted molar refractivity (Wildman–Crippen MR) is 298 cm³/mol. The highest BCUT2D eigenvalue weighted by Gasteiger charge is 2.51. The molecule has 0 aromatic heterocycles. The molecule has 0 fully saturated rings. The molecule has 2 aliphatic rings. The summed E-state index contributed by atoms with van der Waals surface area (Å²) >= 11 is 0. The van der Waals surface area contributed by atoms with Crippen LogP contribution in [0.4, 0.5) is 34.1 Å². The van der Waals surface area contributed by atoms with Gasteiger partial charge in [0.25, 0.3) is 0 Å². The average molecular weight is 903 g/mol. The van der Waals surface area contributed by atoms with Crippen molar-refractivity contribution >= 4 is 55.7 Å². The molecule has 0 amide bonds. The Bertz CT molecular complexity index is 3850. The standard InChI is InChI=1S/C69H46N2/c1-4-20-47(21-5-1)67-59-29-10-12-31-61(59)68(62-32-13-11-30-60(62)67)48-36-38-51(39-37-48)70(49-22-6-2-7-23-49)52-40-42-53(43-41-52)71(50-24-8-3-9-25-50)54-44-45-58-57-28-16-19-35-65(57)69(66(58)46-54)63-33-17-14-26-55(63)56-27-15-18-34-64(56)69/h1-46H. The van der Waals surface area contributed by atoms with Gasteiger partial charge in [-0.1, -0.05) is 206 Å². The first kappa shape index (κ1) is 40.8. The minimum absolute atomic E-state index is 0.432. The number of fused-ring (bicyclic) bond motifs is 12. The van der Waals surface area contributed by atoms with E-state index < -0.39 is 5.41 Å². The molecule has 0 N–H and O–H groups in total. The maximum absolute atomic E-state index is 2.47. The van der Waals surface area contributed by atoms with Gasteiger partial charge in [0, 0.05) is 34.1 Å². The van der Waals surface area contributed by atoms with Gasteiger partial charge >= 0.3 is 0 Å². The van der Waals surface area contributed by atoms with E-state index in [9.17, 15) is 0 Å². The topological polar surface area (TPSA) is 6.48 Å². The third kappa shape index (κ3) is 6.28. The van der Waals surface area contributed by atoms with Crippen LogP contribution in [0.5, 0.6) is 0 Å². The van der Waals surface area contributed by atoms with E-state index >= 15 is 0 Å². The van der Waals surface area contributed by atoms with Gasteiger partial charge in [0.2, 0.25) is 0 Å². The van der Waals surface area contributed by atoms with Crippen molar-refractivity contribution < 1.29 is 0 Å². The lowest BCUT2D eigenvalue weighted by atomic mass is 9.70. The van der Waals surface area contributed by atoms with Crippen molar-refractivity contribution in [3.8, 4) is 44.5 Å². The van der Waals surface area contributed by atoms with Gasteiger partial charge in [-0.15, -0.1) is 0 Å². The zero-order valence-corrected chi connectivity index (χ0v) is 39.0. The quantitative estimate of drug-likeness (QED) is 0.140. The highest BCUT2D eigenvalue weighted by molar-refractivity contribution is 6.21. The average Bonchev–Trinajstić information content (AvgIpc) is 3.91. The van der Waals surface area contributed by atoms with Crippen LogP contribution in [0.25, 0.3) is 66.1 Å². The molecule has 0 aliphatic heterocycles. The first-order valence-corrected chi connectivity index (χ1v) is 24.6. The molecule has 0 bridgehead atoms. The molecule has 2 aliphatic carbocycles. The molecule has 12 aromatic rings. The Balaban J connectivity index is 0.880. The SMILES string of the molecule is c1ccc(-c2c3ccccc3c(-c3ccc(N(c4ccccc4)c4ccc(N(c5ccccc5)c5ccc6c(c5)C5(c7ccccc7-c7ccccc75)c5ccccc5-6)cc4)cc3)c3ccccc23)cc1. The van der Waals surface area contributed by atoms with E-state index in [1.54, 1.807) is 0 Å². The van der Waals surface area contributed by atoms with Crippen molar-refractivity contribution in [2.24, 2.45) is 0 Å². The van der Waals surface area contributed by atoms with Crippen molar-refractivity contribution in [1.82, 2.24) is 0 Å². The summed E-state index contributed by atoms with van der Waals surface area (Å²) in [5.41, 5.74) is 21.6. The molecule has 0 radical (unpaired) electrons. The number of nitrogens with zero attached hydrogens (tertiary/aromatic N) is 2. The van der Waals surface area contributed by atoms with Crippen LogP contribution in [-0.4, -0.2) is 0 Å². The summed E-state index contributed by atoms with van der Waals surface area (Å²) in [5.74, 6) is 0. The van der Waals surface area contributed by atoms with Crippen LogP contribution in [0.3, 0.4) is 0 Å². The van der Waals surface area contributed by atoms with E-state index in [1.807, 2.05) is 0 Å². The Hall–Kier alpha value is -9.24. The molecular formula is C69H46N2. The monoisotopic (exact) mass is 902 g/mol. The molecule has 332 valence electrons. The van der Waals surface area contributed by atoms with Crippen LogP contribution in [-0.2, 0) is 5.41 Å². The summed E-state index contributed by atoms with van der Waals surface area (Å²) in [7, 11) is 0. The van der Waals surface area contributed by atoms with E-state index in [1.165, 1.54) is 88.3 Å². The van der Waals surface area contributed by atoms with Gasteiger partial charge in [-0.25, -0.2) is 0 Å². The molecule has 0 unspecified atom stereocenters. The molecule has 0 saturated carbocycles. The van der Waals surface area contributed by atoms with Gasteiger partial charge in [-0.3, -0.25) is 0 Å². The van der Waals surface area contributed by atoms with Crippen LogP contribution in [0.15, 0.2) is 279 Å². The Kier molecular flexibility index (Phi) is 9.47. The van der Waals surface area contributed by atoms with Gasteiger partial charge < -0.3 is 9.80 Å². The van der Waals surface area contributed by atoms with Crippen LogP contribution < -0.4 is 9.80 Å². The fourth-order valence-corrected chi connectivity index (χ4v) is 12.2. The number of hydrogen-bond acceptors (Lipinski definition) is 2. The van der Waals surface area contributed by atoms with Gasteiger partial charge in [0.05, 0.1) is 5.41 Å². The third-order valence-electron chi connectivity index (χ3n) is 15.0. The lowest BCUT2D eigenvalue weighted by molar-refractivity contribution is 0.793. The molecule has 2 heteroatoms. The molecule has 14 rings (SSSR count). The second kappa shape index (κ2) is 16.5. The first-order valence-electron chi connectivity index (χ1n) is 24.6. The fourth-order valence-electron chi connectivity index (χ4n) is 12.2. The summed E-state index contributed by atoms with van der Waals surface area (Å²) in [5, 5.41) is 5.01. The molecule has 0 heterocycles. The second-order valence-corrected chi connectivity index (χ2v) is 18.7. The molecule has 0 saturated heterocycles. The largest absolute Gasteiger partial charge is 0.311 e. The summed E-state index contributed by atoms with van der Waals surface area (Å²) in [6.07, 6.45) is 0. The van der Waals surface area contributed by atoms with E-state index in [0.717, 1.165) is 34.1 Å². The van der Waals surface area contributed by atoms with Crippen molar-refractivity contribution in [1.29, 1.82) is 0 Å². The van der Waals surface area contributed by atoms with Gasteiger partial charge in [0.15, 0.2) is 0 Å². The molecule has 0 atom stereocenters. The predicted octanol–water partition coefficient (Wildman–Crippen LogP) is 18.6. The lowest BCUT2D eigenvalue weighted by Crippen LogP contribution is -2.26. The van der Waals surface area contributed by atoms with Crippen molar-refractivity contribution in [3.63, 3.8) is 0 Å². The zero-order chi connectivity index (χ0) is 46.9. The van der Waals surface area contributed by atoms with E-state index in [-0.39, 0.29) is 0 Å². The Morgan fingerprint density at radius 2 is 0.507 bits per heavy atom. The van der Waals surface area contributed by atoms with Crippen LogP contribution in [0.1, 0.15) is 22.3 Å². The van der Waals surface area contributed by atoms with Gasteiger partial charge in [-0.05, 0) is 161 Å². The van der Waals surface area contributed by atoms with E-state index in [4.69, 9.17) is 0 Å². The number of benzene rings is 12. The van der Waals surface area contributed by atoms with Gasteiger partial charge in [0.1, 0.15) is 0 Å². The maximum atomic E-state index is 2.47. The Morgan fingerprint density at radius 1 is 0.211 bits per heavy atom. The number of anilines is 6. The summed E-state index contributed by atoms with van der Waals surface area (Å²) in [6, 6.07) is 103. The number of para-hydroxylation sites is 2. The van der Waals surface area contributed by atoms with E-state index in [0.29, 0.717) is 0 Å². The minimum atomic E-state index is -0.432. The normalized spacial score (nSPS) is 12.6. The van der Waals surface area contributed by atoms with Crippen LogP contribution in [0, 0.1) is 0 Å². The third-order valence-corrected chi connectivity index (χ3v) is 15.0.